The van der Waals surface area contributed by atoms with Gasteiger partial charge in [0.2, 0.25) is 5.96 Å². The van der Waals surface area contributed by atoms with Gasteiger partial charge >= 0.3 is 6.18 Å². The fourth-order valence-electron chi connectivity index (χ4n) is 6.56. The highest BCUT2D eigenvalue weighted by Gasteiger charge is 2.49. The summed E-state index contributed by atoms with van der Waals surface area (Å²) in [5.41, 5.74) is 15.6. The van der Waals surface area contributed by atoms with Crippen molar-refractivity contribution in [3.8, 4) is 0 Å². The smallest absolute Gasteiger partial charge is 0.355 e. The molecule has 2 unspecified atom stereocenters. The summed E-state index contributed by atoms with van der Waals surface area (Å²) in [5.74, 6) is 0.707. The van der Waals surface area contributed by atoms with Crippen LogP contribution in [0, 0.1) is 0 Å². The van der Waals surface area contributed by atoms with Gasteiger partial charge < -0.3 is 20.9 Å². The van der Waals surface area contributed by atoms with Crippen LogP contribution in [0.15, 0.2) is 58.9 Å². The Morgan fingerprint density at radius 2 is 1.79 bits per heavy atom. The molecule has 5 N–H and O–H groups in total. The number of anilines is 1. The molecule has 1 aromatic carbocycles. The van der Waals surface area contributed by atoms with Gasteiger partial charge in [0.25, 0.3) is 0 Å². The molecule has 0 radical (unpaired) electrons. The quantitative estimate of drug-likeness (QED) is 0.539. The van der Waals surface area contributed by atoms with E-state index in [2.05, 4.69) is 34.3 Å². The molecule has 7 nitrogen and oxygen atoms in total. The van der Waals surface area contributed by atoms with Crippen LogP contribution in [0.4, 0.5) is 19.0 Å². The Morgan fingerprint density at radius 1 is 1.05 bits per heavy atom. The molecule has 1 aromatic heterocycles. The van der Waals surface area contributed by atoms with E-state index in [1.165, 1.54) is 12.3 Å². The van der Waals surface area contributed by atoms with Crippen LogP contribution < -0.4 is 21.7 Å². The summed E-state index contributed by atoms with van der Waals surface area (Å²) in [7, 11) is 0. The van der Waals surface area contributed by atoms with E-state index in [1.54, 1.807) is 4.90 Å². The molecule has 1 aliphatic carbocycles. The first-order valence-corrected chi connectivity index (χ1v) is 13.9. The van der Waals surface area contributed by atoms with E-state index in [0.717, 1.165) is 66.7 Å². The molecular weight excluding hydrogens is 503 g/mol. The number of pyridine rings is 1. The lowest BCUT2D eigenvalue weighted by atomic mass is 9.80. The number of aliphatic imine (C=N–C) groups is 1. The minimum atomic E-state index is -4.49. The summed E-state index contributed by atoms with van der Waals surface area (Å²) in [6.45, 7) is 4.36. The van der Waals surface area contributed by atoms with Crippen molar-refractivity contribution >= 4 is 11.8 Å². The molecule has 3 aliphatic heterocycles. The number of nitrogens with two attached hydrogens (primary N) is 2. The number of hydrogen-bond acceptors (Lipinski definition) is 7. The first kappa shape index (κ1) is 26.1. The number of aromatic nitrogens is 1. The molecule has 39 heavy (non-hydrogen) atoms. The number of nitrogens with one attached hydrogen (secondary N) is 1. The molecule has 0 spiro atoms. The van der Waals surface area contributed by atoms with E-state index in [4.69, 9.17) is 16.5 Å². The van der Waals surface area contributed by atoms with E-state index < -0.39 is 17.4 Å². The molecule has 1 saturated heterocycles. The Bertz CT molecular complexity index is 1320. The number of hydrogen-bond donors (Lipinski definition) is 3. The summed E-state index contributed by atoms with van der Waals surface area (Å²) < 4.78 is 41.6. The predicted molar refractivity (Wildman–Crippen MR) is 146 cm³/mol. The monoisotopic (exact) mass is 539 g/mol. The number of likely N-dealkylation sites (tertiary alicyclic amines) is 1. The van der Waals surface area contributed by atoms with Crippen molar-refractivity contribution in [1.82, 2.24) is 15.2 Å². The van der Waals surface area contributed by atoms with Crippen LogP contribution in [0.2, 0.25) is 0 Å². The van der Waals surface area contributed by atoms with Gasteiger partial charge in [-0.05, 0) is 62.3 Å². The van der Waals surface area contributed by atoms with Crippen LogP contribution in [-0.2, 0) is 17.3 Å². The minimum absolute atomic E-state index is 0.0396. The van der Waals surface area contributed by atoms with Crippen LogP contribution >= 0.6 is 0 Å². The molecule has 208 valence electrons. The first-order valence-electron chi connectivity index (χ1n) is 13.9. The fourth-order valence-corrected chi connectivity index (χ4v) is 6.56. The maximum atomic E-state index is 13.9. The lowest BCUT2D eigenvalue weighted by Crippen LogP contribution is -2.52. The van der Waals surface area contributed by atoms with Crippen molar-refractivity contribution in [2.45, 2.75) is 68.7 Å². The van der Waals surface area contributed by atoms with Crippen molar-refractivity contribution in [2.24, 2.45) is 16.5 Å². The molecule has 6 rings (SSSR count). The van der Waals surface area contributed by atoms with E-state index >= 15 is 0 Å². The van der Waals surface area contributed by atoms with Crippen molar-refractivity contribution in [3.05, 3.63) is 70.6 Å². The van der Waals surface area contributed by atoms with Gasteiger partial charge in [0.15, 0.2) is 5.66 Å². The number of rotatable bonds is 4. The molecule has 4 heterocycles. The Balaban J connectivity index is 1.42. The van der Waals surface area contributed by atoms with Gasteiger partial charge in [-0.15, -0.1) is 0 Å². The van der Waals surface area contributed by atoms with Crippen LogP contribution in [0.3, 0.4) is 0 Å². The Morgan fingerprint density at radius 3 is 2.46 bits per heavy atom. The Hall–Kier alpha value is -3.11. The standard InChI is InChI=1S/C29H36F3N7/c1-19-6-5-15-39(19)26-36-24-11-17-38(25-23(29(30,31)32)9-4-14-35-25)16-10-22(24)28(34,37-26)21-8-3-2-7-20(21)27(18-33)12-13-27/h2-4,7-9,14,19H,5-6,10-13,15-18,33-34H2,1H3,(H,36,37). The van der Waals surface area contributed by atoms with Gasteiger partial charge in [-0.3, -0.25) is 5.73 Å². The van der Waals surface area contributed by atoms with Gasteiger partial charge in [0.05, 0.1) is 5.56 Å². The lowest BCUT2D eigenvalue weighted by molar-refractivity contribution is -0.137. The van der Waals surface area contributed by atoms with E-state index in [-0.39, 0.29) is 11.2 Å². The molecule has 4 aliphatic rings. The zero-order valence-corrected chi connectivity index (χ0v) is 22.3. The van der Waals surface area contributed by atoms with Crippen LogP contribution in [-0.4, -0.2) is 48.1 Å². The number of guanidine groups is 1. The van der Waals surface area contributed by atoms with Gasteiger partial charge in [0, 0.05) is 61.5 Å². The zero-order valence-electron chi connectivity index (χ0n) is 22.3. The summed E-state index contributed by atoms with van der Waals surface area (Å²) in [6.07, 6.45) is 2.07. The number of alkyl halides is 3. The van der Waals surface area contributed by atoms with E-state index in [1.807, 2.05) is 12.1 Å². The van der Waals surface area contributed by atoms with Gasteiger partial charge in [-0.2, -0.15) is 13.2 Å². The second-order valence-corrected chi connectivity index (χ2v) is 11.4. The third-order valence-electron chi connectivity index (χ3n) is 9.00. The molecule has 2 fully saturated rings. The second kappa shape index (κ2) is 9.52. The van der Waals surface area contributed by atoms with Crippen LogP contribution in [0.1, 0.15) is 62.1 Å². The Labute approximate surface area is 227 Å². The fraction of sp³-hybridized carbons (Fsp3) is 0.517. The number of nitrogens with zero attached hydrogens (tertiary/aromatic N) is 4. The van der Waals surface area contributed by atoms with Gasteiger partial charge in [-0.1, -0.05) is 24.3 Å². The molecule has 0 amide bonds. The van der Waals surface area contributed by atoms with E-state index in [9.17, 15) is 13.2 Å². The molecule has 2 aromatic rings. The lowest BCUT2D eigenvalue weighted by Gasteiger charge is -2.40. The highest BCUT2D eigenvalue weighted by Crippen LogP contribution is 2.51. The third-order valence-corrected chi connectivity index (χ3v) is 9.00. The second-order valence-electron chi connectivity index (χ2n) is 11.4. The van der Waals surface area contributed by atoms with Crippen molar-refractivity contribution < 1.29 is 13.2 Å². The first-order chi connectivity index (χ1) is 18.7. The van der Waals surface area contributed by atoms with Crippen molar-refractivity contribution in [1.29, 1.82) is 0 Å². The average Bonchev–Trinajstić information content (AvgIpc) is 3.66. The maximum Gasteiger partial charge on any atom is 0.419 e. The third kappa shape index (κ3) is 4.47. The van der Waals surface area contributed by atoms with Crippen LogP contribution in [0.5, 0.6) is 0 Å². The number of benzene rings is 1. The summed E-state index contributed by atoms with van der Waals surface area (Å²) in [5, 5.41) is 3.58. The normalized spacial score (nSPS) is 26.6. The van der Waals surface area contributed by atoms with Gasteiger partial charge in [0.1, 0.15) is 5.82 Å². The molecule has 0 bridgehead atoms. The summed E-state index contributed by atoms with van der Waals surface area (Å²) >= 11 is 0. The molecular formula is C29H36F3N7. The van der Waals surface area contributed by atoms with Crippen molar-refractivity contribution in [2.75, 3.05) is 31.1 Å². The topological polar surface area (TPSA) is 95.8 Å². The summed E-state index contributed by atoms with van der Waals surface area (Å²) in [4.78, 5) is 13.4. The maximum absolute atomic E-state index is 13.9. The van der Waals surface area contributed by atoms with Gasteiger partial charge in [-0.25, -0.2) is 9.98 Å². The molecule has 10 heteroatoms. The minimum Gasteiger partial charge on any atom is -0.355 e. The highest BCUT2D eigenvalue weighted by molar-refractivity contribution is 5.85. The highest BCUT2D eigenvalue weighted by atomic mass is 19.4. The SMILES string of the molecule is CC1CCCN1C1=NC(N)(c2ccccc2C2(CN)CC2)C2=C(CCN(c3ncccc3C(F)(F)F)CC2)N1. The van der Waals surface area contributed by atoms with E-state index in [0.29, 0.717) is 38.5 Å². The average molecular weight is 540 g/mol. The molecule has 2 atom stereocenters. The number of halogens is 3. The van der Waals surface area contributed by atoms with Crippen LogP contribution in [0.25, 0.3) is 0 Å². The Kier molecular flexibility index (Phi) is 6.38. The zero-order chi connectivity index (χ0) is 27.4. The van der Waals surface area contributed by atoms with Crippen molar-refractivity contribution in [3.63, 3.8) is 0 Å². The largest absolute Gasteiger partial charge is 0.419 e. The predicted octanol–water partition coefficient (Wildman–Crippen LogP) is 4.20. The molecule has 1 saturated carbocycles. The summed E-state index contributed by atoms with van der Waals surface area (Å²) in [6, 6.07) is 10.9.